The van der Waals surface area contributed by atoms with Crippen LogP contribution < -0.4 is 15.2 Å². The molecule has 21 heavy (non-hydrogen) atoms. The molecule has 0 aliphatic heterocycles. The monoisotopic (exact) mass is 290 g/mol. The third kappa shape index (κ3) is 2.83. The van der Waals surface area contributed by atoms with Crippen LogP contribution >= 0.6 is 0 Å². The summed E-state index contributed by atoms with van der Waals surface area (Å²) in [5.41, 5.74) is 7.07. The Kier molecular flexibility index (Phi) is 4.43. The number of benzene rings is 1. The number of halogens is 1. The van der Waals surface area contributed by atoms with Crippen molar-refractivity contribution in [3.63, 3.8) is 0 Å². The number of nitrogens with zero attached hydrogens (tertiary/aromatic N) is 1. The molecule has 112 valence electrons. The predicted octanol–water partition coefficient (Wildman–Crippen LogP) is 2.85. The highest BCUT2D eigenvalue weighted by Crippen LogP contribution is 2.37. The Hall–Kier alpha value is -2.14. The van der Waals surface area contributed by atoms with E-state index in [0.29, 0.717) is 23.6 Å². The van der Waals surface area contributed by atoms with Crippen LogP contribution in [0.25, 0.3) is 0 Å². The summed E-state index contributed by atoms with van der Waals surface area (Å²) in [6, 6.07) is 8.40. The molecule has 1 unspecified atom stereocenters. The van der Waals surface area contributed by atoms with Gasteiger partial charge in [0.05, 0.1) is 31.6 Å². The highest BCUT2D eigenvalue weighted by Gasteiger charge is 2.32. The van der Waals surface area contributed by atoms with E-state index < -0.39 is 5.54 Å². The highest BCUT2D eigenvalue weighted by atomic mass is 19.1. The van der Waals surface area contributed by atoms with Crippen LogP contribution in [0.3, 0.4) is 0 Å². The lowest BCUT2D eigenvalue weighted by Gasteiger charge is -2.30. The van der Waals surface area contributed by atoms with E-state index in [9.17, 15) is 4.39 Å². The zero-order valence-electron chi connectivity index (χ0n) is 12.4. The molecule has 2 rings (SSSR count). The number of hydrogen-bond donors (Lipinski definition) is 1. The Balaban J connectivity index is 2.56. The van der Waals surface area contributed by atoms with E-state index >= 15 is 0 Å². The minimum atomic E-state index is -0.856. The van der Waals surface area contributed by atoms with Gasteiger partial charge in [-0.1, -0.05) is 6.92 Å². The predicted molar refractivity (Wildman–Crippen MR) is 79.0 cm³/mol. The minimum absolute atomic E-state index is 0.390. The average molecular weight is 290 g/mol. The molecule has 0 aliphatic carbocycles. The molecule has 0 aliphatic rings. The van der Waals surface area contributed by atoms with Gasteiger partial charge >= 0.3 is 0 Å². The maximum Gasteiger partial charge on any atom is 0.141 e. The maximum atomic E-state index is 13.1. The van der Waals surface area contributed by atoms with Crippen LogP contribution in [0, 0.1) is 5.82 Å². The minimum Gasteiger partial charge on any atom is -0.497 e. The van der Waals surface area contributed by atoms with Crippen LogP contribution in [0.2, 0.25) is 0 Å². The van der Waals surface area contributed by atoms with Crippen LogP contribution in [-0.2, 0) is 5.54 Å². The molecule has 5 heteroatoms. The smallest absolute Gasteiger partial charge is 0.141 e. The molecule has 0 bridgehead atoms. The molecule has 0 fully saturated rings. The second-order valence-corrected chi connectivity index (χ2v) is 4.75. The van der Waals surface area contributed by atoms with Crippen LogP contribution in [0.5, 0.6) is 11.5 Å². The van der Waals surface area contributed by atoms with Crippen molar-refractivity contribution in [2.75, 3.05) is 14.2 Å². The Bertz CT molecular complexity index is 616. The van der Waals surface area contributed by atoms with E-state index in [1.54, 1.807) is 26.4 Å². The summed E-state index contributed by atoms with van der Waals surface area (Å²) in [5.74, 6) is 0.907. The molecule has 0 saturated carbocycles. The summed E-state index contributed by atoms with van der Waals surface area (Å²) < 4.78 is 23.7. The fraction of sp³-hybridized carbons (Fsp3) is 0.312. The van der Waals surface area contributed by atoms with E-state index in [-0.39, 0.29) is 5.82 Å². The number of ether oxygens (including phenoxy) is 2. The molecule has 4 nitrogen and oxygen atoms in total. The van der Waals surface area contributed by atoms with Gasteiger partial charge in [0.15, 0.2) is 0 Å². The standard InChI is InChI=1S/C16H19FN2O2/c1-4-16(18,15-8-5-11(17)10-19-15)13-7-6-12(20-2)9-14(13)21-3/h5-10H,4,18H2,1-3H3. The topological polar surface area (TPSA) is 57.4 Å². The van der Waals surface area contributed by atoms with Crippen molar-refractivity contribution in [3.05, 3.63) is 53.6 Å². The quantitative estimate of drug-likeness (QED) is 0.920. The molecule has 1 aromatic carbocycles. The molecule has 2 aromatic rings. The van der Waals surface area contributed by atoms with E-state index in [2.05, 4.69) is 4.98 Å². The first kappa shape index (κ1) is 15.3. The zero-order valence-corrected chi connectivity index (χ0v) is 12.4. The van der Waals surface area contributed by atoms with Crippen molar-refractivity contribution in [1.82, 2.24) is 4.98 Å². The van der Waals surface area contributed by atoms with Crippen LogP contribution in [0.15, 0.2) is 36.5 Å². The second-order valence-electron chi connectivity index (χ2n) is 4.75. The van der Waals surface area contributed by atoms with Gasteiger partial charge in [-0.15, -0.1) is 0 Å². The van der Waals surface area contributed by atoms with Gasteiger partial charge in [0.25, 0.3) is 0 Å². The summed E-state index contributed by atoms with van der Waals surface area (Å²) in [6.07, 6.45) is 1.76. The van der Waals surface area contributed by atoms with Crippen molar-refractivity contribution in [1.29, 1.82) is 0 Å². The summed E-state index contributed by atoms with van der Waals surface area (Å²) in [4.78, 5) is 4.13. The molecule has 1 atom stereocenters. The Morgan fingerprint density at radius 1 is 1.19 bits per heavy atom. The van der Waals surface area contributed by atoms with Gasteiger partial charge in [0, 0.05) is 11.6 Å². The third-order valence-electron chi connectivity index (χ3n) is 3.63. The summed E-state index contributed by atoms with van der Waals surface area (Å²) in [7, 11) is 3.16. The first-order valence-electron chi connectivity index (χ1n) is 6.68. The molecule has 0 amide bonds. The van der Waals surface area contributed by atoms with Gasteiger partial charge < -0.3 is 15.2 Å². The number of methoxy groups -OCH3 is 2. The first-order chi connectivity index (χ1) is 10.0. The second kappa shape index (κ2) is 6.10. The summed E-state index contributed by atoms with van der Waals surface area (Å²) in [6.45, 7) is 1.95. The molecule has 2 N–H and O–H groups in total. The maximum absolute atomic E-state index is 13.1. The average Bonchev–Trinajstić information content (AvgIpc) is 2.54. The highest BCUT2D eigenvalue weighted by molar-refractivity contribution is 5.48. The molecular formula is C16H19FN2O2. The fourth-order valence-electron chi connectivity index (χ4n) is 2.32. The largest absolute Gasteiger partial charge is 0.497 e. The number of hydrogen-bond acceptors (Lipinski definition) is 4. The molecule has 0 radical (unpaired) electrons. The van der Waals surface area contributed by atoms with Crippen molar-refractivity contribution in [3.8, 4) is 11.5 Å². The number of nitrogens with two attached hydrogens (primary N) is 1. The van der Waals surface area contributed by atoms with Gasteiger partial charge in [0.1, 0.15) is 17.3 Å². The Labute approximate surface area is 123 Å². The number of rotatable bonds is 5. The molecule has 0 spiro atoms. The van der Waals surface area contributed by atoms with Gasteiger partial charge in [-0.3, -0.25) is 4.98 Å². The van der Waals surface area contributed by atoms with Crippen molar-refractivity contribution in [2.45, 2.75) is 18.9 Å². The summed E-state index contributed by atoms with van der Waals surface area (Å²) in [5, 5.41) is 0. The normalized spacial score (nSPS) is 13.6. The lowest BCUT2D eigenvalue weighted by atomic mass is 9.84. The number of aromatic nitrogens is 1. The van der Waals surface area contributed by atoms with E-state index in [4.69, 9.17) is 15.2 Å². The Morgan fingerprint density at radius 2 is 1.95 bits per heavy atom. The van der Waals surface area contributed by atoms with E-state index in [1.165, 1.54) is 12.3 Å². The number of pyridine rings is 1. The zero-order chi connectivity index (χ0) is 15.5. The lowest BCUT2D eigenvalue weighted by molar-refractivity contribution is 0.377. The van der Waals surface area contributed by atoms with Crippen LogP contribution in [0.1, 0.15) is 24.6 Å². The Morgan fingerprint density at radius 3 is 2.48 bits per heavy atom. The van der Waals surface area contributed by atoms with Crippen molar-refractivity contribution in [2.24, 2.45) is 5.73 Å². The van der Waals surface area contributed by atoms with Gasteiger partial charge in [-0.05, 0) is 30.7 Å². The van der Waals surface area contributed by atoms with Crippen molar-refractivity contribution < 1.29 is 13.9 Å². The SMILES string of the molecule is CCC(N)(c1ccc(F)cn1)c1ccc(OC)cc1OC. The van der Waals surface area contributed by atoms with E-state index in [0.717, 1.165) is 5.56 Å². The molecule has 0 saturated heterocycles. The van der Waals surface area contributed by atoms with Crippen molar-refractivity contribution >= 4 is 0 Å². The molecule has 1 heterocycles. The van der Waals surface area contributed by atoms with E-state index in [1.807, 2.05) is 19.1 Å². The van der Waals surface area contributed by atoms with Gasteiger partial charge in [-0.2, -0.15) is 0 Å². The van der Waals surface area contributed by atoms with Crippen LogP contribution in [0.4, 0.5) is 4.39 Å². The van der Waals surface area contributed by atoms with Gasteiger partial charge in [-0.25, -0.2) is 4.39 Å². The van der Waals surface area contributed by atoms with Gasteiger partial charge in [0.2, 0.25) is 0 Å². The lowest BCUT2D eigenvalue weighted by Crippen LogP contribution is -2.38. The molecule has 1 aromatic heterocycles. The fourth-order valence-corrected chi connectivity index (χ4v) is 2.32. The van der Waals surface area contributed by atoms with Crippen LogP contribution in [-0.4, -0.2) is 19.2 Å². The first-order valence-corrected chi connectivity index (χ1v) is 6.68. The summed E-state index contributed by atoms with van der Waals surface area (Å²) >= 11 is 0. The third-order valence-corrected chi connectivity index (χ3v) is 3.63. The molecular weight excluding hydrogens is 271 g/mol.